The highest BCUT2D eigenvalue weighted by molar-refractivity contribution is 5.84. The van der Waals surface area contributed by atoms with Gasteiger partial charge in [0.1, 0.15) is 6.29 Å². The second-order valence-electron chi connectivity index (χ2n) is 2.14. The Hall–Kier alpha value is -1.39. The Balaban J connectivity index is 3.43. The summed E-state index contributed by atoms with van der Waals surface area (Å²) in [5.41, 5.74) is 0. The van der Waals surface area contributed by atoms with E-state index in [9.17, 15) is 14.4 Å². The minimum absolute atomic E-state index is 0.00653. The van der Waals surface area contributed by atoms with Gasteiger partial charge in [0.25, 0.3) is 0 Å². The maximum Gasteiger partial charge on any atom is 0.220 e. The molecule has 0 saturated heterocycles. The first-order chi connectivity index (χ1) is 5.70. The molecule has 0 bridgehead atoms. The number of aldehydes is 1. The number of carbonyl (C=O) groups excluding carboxylic acids is 3. The largest absolute Gasteiger partial charge is 0.359 e. The predicted molar refractivity (Wildman–Crippen MR) is 42.4 cm³/mol. The van der Waals surface area contributed by atoms with Gasteiger partial charge in [-0.05, 0) is 0 Å². The van der Waals surface area contributed by atoms with Crippen LogP contribution in [-0.2, 0) is 14.4 Å². The lowest BCUT2D eigenvalue weighted by Crippen LogP contribution is -2.27. The summed E-state index contributed by atoms with van der Waals surface area (Å²) in [6, 6.07) is 0. The molecule has 0 rings (SSSR count). The van der Waals surface area contributed by atoms with E-state index in [0.717, 1.165) is 0 Å². The second-order valence-corrected chi connectivity index (χ2v) is 2.14. The van der Waals surface area contributed by atoms with Gasteiger partial charge in [0.2, 0.25) is 11.8 Å². The van der Waals surface area contributed by atoms with Gasteiger partial charge >= 0.3 is 0 Å². The van der Waals surface area contributed by atoms with Crippen LogP contribution in [-0.4, -0.2) is 31.7 Å². The number of rotatable bonds is 5. The van der Waals surface area contributed by atoms with Crippen LogP contribution in [0.25, 0.3) is 0 Å². The Morgan fingerprint density at radius 1 is 1.25 bits per heavy atom. The van der Waals surface area contributed by atoms with Crippen LogP contribution < -0.4 is 10.6 Å². The molecule has 12 heavy (non-hydrogen) atoms. The Kier molecular flexibility index (Phi) is 5.60. The zero-order chi connectivity index (χ0) is 9.40. The van der Waals surface area contributed by atoms with E-state index in [1.165, 1.54) is 7.05 Å². The van der Waals surface area contributed by atoms with Crippen LogP contribution in [0.3, 0.4) is 0 Å². The van der Waals surface area contributed by atoms with Crippen LogP contribution in [0.2, 0.25) is 0 Å². The summed E-state index contributed by atoms with van der Waals surface area (Å²) in [5.74, 6) is -0.470. The van der Waals surface area contributed by atoms with E-state index in [0.29, 0.717) is 6.29 Å². The number of amides is 2. The molecule has 0 unspecified atom stereocenters. The Labute approximate surface area is 70.5 Å². The number of nitrogens with one attached hydrogen (secondary N) is 2. The van der Waals surface area contributed by atoms with Gasteiger partial charge in [-0.25, -0.2) is 0 Å². The third-order valence-corrected chi connectivity index (χ3v) is 1.24. The van der Waals surface area contributed by atoms with Gasteiger partial charge in [-0.2, -0.15) is 0 Å². The van der Waals surface area contributed by atoms with Crippen LogP contribution in [0.1, 0.15) is 12.8 Å². The highest BCUT2D eigenvalue weighted by Gasteiger charge is 2.03. The molecular weight excluding hydrogens is 160 g/mol. The summed E-state index contributed by atoms with van der Waals surface area (Å²) < 4.78 is 0. The van der Waals surface area contributed by atoms with E-state index < -0.39 is 0 Å². The van der Waals surface area contributed by atoms with Crippen molar-refractivity contribution in [2.75, 3.05) is 13.6 Å². The van der Waals surface area contributed by atoms with Crippen LogP contribution in [0.15, 0.2) is 0 Å². The molecule has 5 nitrogen and oxygen atoms in total. The fourth-order valence-corrected chi connectivity index (χ4v) is 0.596. The van der Waals surface area contributed by atoms with Gasteiger partial charge in [0, 0.05) is 19.9 Å². The van der Waals surface area contributed by atoms with Crippen LogP contribution >= 0.6 is 0 Å². The maximum absolute atomic E-state index is 10.8. The van der Waals surface area contributed by atoms with E-state index in [1.807, 2.05) is 0 Å². The molecule has 68 valence electrons. The van der Waals surface area contributed by atoms with Crippen LogP contribution in [0.4, 0.5) is 0 Å². The Morgan fingerprint density at radius 3 is 2.33 bits per heavy atom. The summed E-state index contributed by atoms with van der Waals surface area (Å²) in [6.45, 7) is 0.00653. The fraction of sp³-hybridized carbons (Fsp3) is 0.571. The molecule has 0 atom stereocenters. The van der Waals surface area contributed by atoms with E-state index in [-0.39, 0.29) is 31.2 Å². The summed E-state index contributed by atoms with van der Waals surface area (Å²) in [5, 5.41) is 4.71. The molecule has 0 heterocycles. The number of hydrogen-bond donors (Lipinski definition) is 2. The Bertz CT molecular complexity index is 179. The van der Waals surface area contributed by atoms with Gasteiger partial charge in [0.05, 0.1) is 6.54 Å². The van der Waals surface area contributed by atoms with E-state index in [4.69, 9.17) is 0 Å². The molecule has 0 aromatic carbocycles. The van der Waals surface area contributed by atoms with Crippen LogP contribution in [0, 0.1) is 0 Å². The lowest BCUT2D eigenvalue weighted by molar-refractivity contribution is -0.126. The van der Waals surface area contributed by atoms with Crippen molar-refractivity contribution in [2.45, 2.75) is 12.8 Å². The van der Waals surface area contributed by atoms with Gasteiger partial charge < -0.3 is 15.4 Å². The molecule has 0 aromatic rings. The third-order valence-electron chi connectivity index (χ3n) is 1.24. The smallest absolute Gasteiger partial charge is 0.220 e. The van der Waals surface area contributed by atoms with Crippen molar-refractivity contribution in [1.82, 2.24) is 10.6 Å². The summed E-state index contributed by atoms with van der Waals surface area (Å²) in [6.07, 6.45) is 0.868. The lowest BCUT2D eigenvalue weighted by atomic mass is 10.3. The van der Waals surface area contributed by atoms with Crippen molar-refractivity contribution in [3.05, 3.63) is 0 Å². The van der Waals surface area contributed by atoms with Crippen LogP contribution in [0.5, 0.6) is 0 Å². The Morgan fingerprint density at radius 2 is 1.83 bits per heavy atom. The molecule has 2 amide bonds. The molecular formula is C7H12N2O3. The number of carbonyl (C=O) groups is 3. The molecule has 0 spiro atoms. The monoisotopic (exact) mass is 172 g/mol. The zero-order valence-corrected chi connectivity index (χ0v) is 6.92. The van der Waals surface area contributed by atoms with Crippen molar-refractivity contribution in [1.29, 1.82) is 0 Å². The predicted octanol–water partition coefficient (Wildman–Crippen LogP) is -1.17. The molecule has 0 fully saturated rings. The SMILES string of the molecule is CNC(=O)CCC(=O)NCC=O. The average molecular weight is 172 g/mol. The lowest BCUT2D eigenvalue weighted by Gasteiger charge is -1.99. The standard InChI is InChI=1S/C7H12N2O3/c1-8-6(11)2-3-7(12)9-4-5-10/h5H,2-4H2,1H3,(H,8,11)(H,9,12). The van der Waals surface area contributed by atoms with Gasteiger partial charge in [-0.1, -0.05) is 0 Å². The highest BCUT2D eigenvalue weighted by Crippen LogP contribution is 1.87. The average Bonchev–Trinajstić information content (AvgIpc) is 2.10. The molecule has 0 saturated carbocycles. The molecule has 0 radical (unpaired) electrons. The first kappa shape index (κ1) is 10.6. The molecule has 0 aliphatic rings. The van der Waals surface area contributed by atoms with Crippen molar-refractivity contribution in [3.63, 3.8) is 0 Å². The van der Waals surface area contributed by atoms with Crippen molar-refractivity contribution >= 4 is 18.1 Å². The van der Waals surface area contributed by atoms with Crippen molar-refractivity contribution in [3.8, 4) is 0 Å². The third kappa shape index (κ3) is 5.40. The second kappa shape index (κ2) is 6.33. The van der Waals surface area contributed by atoms with E-state index in [2.05, 4.69) is 10.6 Å². The van der Waals surface area contributed by atoms with Crippen molar-refractivity contribution < 1.29 is 14.4 Å². The normalized spacial score (nSPS) is 8.75. The van der Waals surface area contributed by atoms with Gasteiger partial charge in [-0.15, -0.1) is 0 Å². The molecule has 5 heteroatoms. The van der Waals surface area contributed by atoms with Gasteiger partial charge in [0.15, 0.2) is 0 Å². The van der Waals surface area contributed by atoms with E-state index >= 15 is 0 Å². The molecule has 2 N–H and O–H groups in total. The molecule has 0 aliphatic carbocycles. The summed E-state index contributed by atoms with van der Waals surface area (Å²) in [7, 11) is 1.51. The highest BCUT2D eigenvalue weighted by atomic mass is 16.2. The summed E-state index contributed by atoms with van der Waals surface area (Å²) >= 11 is 0. The quantitative estimate of drug-likeness (QED) is 0.513. The fourth-order valence-electron chi connectivity index (χ4n) is 0.596. The minimum atomic E-state index is -0.286. The minimum Gasteiger partial charge on any atom is -0.359 e. The first-order valence-corrected chi connectivity index (χ1v) is 3.61. The number of hydrogen-bond acceptors (Lipinski definition) is 3. The van der Waals surface area contributed by atoms with Gasteiger partial charge in [-0.3, -0.25) is 9.59 Å². The van der Waals surface area contributed by atoms with Crippen molar-refractivity contribution in [2.24, 2.45) is 0 Å². The first-order valence-electron chi connectivity index (χ1n) is 3.61. The summed E-state index contributed by atoms with van der Waals surface area (Å²) in [4.78, 5) is 31.2. The van der Waals surface area contributed by atoms with E-state index in [1.54, 1.807) is 0 Å². The molecule has 0 aromatic heterocycles. The molecule has 0 aliphatic heterocycles. The maximum atomic E-state index is 10.8. The zero-order valence-electron chi connectivity index (χ0n) is 6.92. The topological polar surface area (TPSA) is 75.3 Å².